The summed E-state index contributed by atoms with van der Waals surface area (Å²) >= 11 is 0. The molecule has 1 aliphatic rings. The highest BCUT2D eigenvalue weighted by Gasteiger charge is 2.43. The Hall–Kier alpha value is -0.530. The van der Waals surface area contributed by atoms with Crippen LogP contribution in [0.1, 0.15) is 53.4 Å². The summed E-state index contributed by atoms with van der Waals surface area (Å²) in [5.74, 6) is 0.651. The number of hydrogen-bond acceptors (Lipinski definition) is 2. The SMILES string of the molecule is CCOC(=O)[C@@H]1[C@H](CC)CCCC1(C)C. The Morgan fingerprint density at radius 2 is 2.07 bits per heavy atom. The first-order valence-electron chi connectivity index (χ1n) is 6.19. The van der Waals surface area contributed by atoms with Gasteiger partial charge in [-0.15, -0.1) is 0 Å². The van der Waals surface area contributed by atoms with E-state index in [0.29, 0.717) is 12.5 Å². The minimum absolute atomic E-state index is 0.0223. The van der Waals surface area contributed by atoms with Gasteiger partial charge in [-0.2, -0.15) is 0 Å². The molecule has 1 saturated carbocycles. The fourth-order valence-electron chi connectivity index (χ4n) is 2.96. The van der Waals surface area contributed by atoms with Crippen molar-refractivity contribution in [3.63, 3.8) is 0 Å². The van der Waals surface area contributed by atoms with E-state index < -0.39 is 0 Å². The largest absolute Gasteiger partial charge is 0.466 e. The summed E-state index contributed by atoms with van der Waals surface area (Å²) in [6.45, 7) is 8.97. The molecule has 0 heterocycles. The maximum absolute atomic E-state index is 12.0. The summed E-state index contributed by atoms with van der Waals surface area (Å²) in [5, 5.41) is 0. The second-order valence-corrected chi connectivity index (χ2v) is 5.28. The number of esters is 1. The highest BCUT2D eigenvalue weighted by molar-refractivity contribution is 5.73. The summed E-state index contributed by atoms with van der Waals surface area (Å²) < 4.78 is 5.21. The second-order valence-electron chi connectivity index (χ2n) is 5.28. The fraction of sp³-hybridized carbons (Fsp3) is 0.923. The van der Waals surface area contributed by atoms with Crippen LogP contribution in [0.25, 0.3) is 0 Å². The third-order valence-electron chi connectivity index (χ3n) is 3.77. The van der Waals surface area contributed by atoms with Crippen molar-refractivity contribution >= 4 is 5.97 Å². The second kappa shape index (κ2) is 5.00. The maximum atomic E-state index is 12.0. The van der Waals surface area contributed by atoms with Gasteiger partial charge in [0, 0.05) is 0 Å². The Bertz CT molecular complexity index is 221. The zero-order valence-electron chi connectivity index (χ0n) is 10.5. The van der Waals surface area contributed by atoms with Gasteiger partial charge in [-0.3, -0.25) is 4.79 Å². The molecule has 0 N–H and O–H groups in total. The first-order valence-corrected chi connectivity index (χ1v) is 6.19. The van der Waals surface area contributed by atoms with Gasteiger partial charge in [0.25, 0.3) is 0 Å². The lowest BCUT2D eigenvalue weighted by Crippen LogP contribution is -2.41. The van der Waals surface area contributed by atoms with Gasteiger partial charge in [-0.05, 0) is 31.1 Å². The zero-order chi connectivity index (χ0) is 11.5. The van der Waals surface area contributed by atoms with Crippen molar-refractivity contribution in [2.24, 2.45) is 17.3 Å². The summed E-state index contributed by atoms with van der Waals surface area (Å²) in [5.41, 5.74) is 0.116. The Morgan fingerprint density at radius 3 is 2.60 bits per heavy atom. The topological polar surface area (TPSA) is 26.3 Å². The van der Waals surface area contributed by atoms with E-state index in [1.807, 2.05) is 6.92 Å². The molecule has 1 rings (SSSR count). The van der Waals surface area contributed by atoms with Crippen LogP contribution < -0.4 is 0 Å². The normalized spacial score (nSPS) is 29.9. The van der Waals surface area contributed by atoms with Gasteiger partial charge in [0.15, 0.2) is 0 Å². The fourth-order valence-corrected chi connectivity index (χ4v) is 2.96. The lowest BCUT2D eigenvalue weighted by atomic mass is 9.63. The molecule has 0 bridgehead atoms. The third-order valence-corrected chi connectivity index (χ3v) is 3.77. The maximum Gasteiger partial charge on any atom is 0.309 e. The van der Waals surface area contributed by atoms with E-state index in [9.17, 15) is 4.79 Å². The molecule has 15 heavy (non-hydrogen) atoms. The van der Waals surface area contributed by atoms with Gasteiger partial charge in [0.05, 0.1) is 12.5 Å². The van der Waals surface area contributed by atoms with Crippen molar-refractivity contribution in [1.82, 2.24) is 0 Å². The van der Waals surface area contributed by atoms with Crippen molar-refractivity contribution < 1.29 is 9.53 Å². The van der Waals surface area contributed by atoms with Crippen LogP contribution in [0.3, 0.4) is 0 Å². The van der Waals surface area contributed by atoms with Crippen molar-refractivity contribution in [3.8, 4) is 0 Å². The van der Waals surface area contributed by atoms with Crippen molar-refractivity contribution in [2.45, 2.75) is 53.4 Å². The standard InChI is InChI=1S/C13H24O2/c1-5-10-8-7-9-13(3,4)11(10)12(14)15-6-2/h10-11H,5-9H2,1-4H3/t10-,11+/m1/s1. The number of ether oxygens (including phenoxy) is 1. The summed E-state index contributed by atoms with van der Waals surface area (Å²) in [4.78, 5) is 12.0. The van der Waals surface area contributed by atoms with Gasteiger partial charge in [-0.25, -0.2) is 0 Å². The molecule has 2 nitrogen and oxygen atoms in total. The zero-order valence-corrected chi connectivity index (χ0v) is 10.5. The Morgan fingerprint density at radius 1 is 1.40 bits per heavy atom. The minimum Gasteiger partial charge on any atom is -0.466 e. The molecule has 0 aromatic carbocycles. The molecular weight excluding hydrogens is 188 g/mol. The molecule has 1 fully saturated rings. The van der Waals surface area contributed by atoms with Crippen LogP contribution >= 0.6 is 0 Å². The smallest absolute Gasteiger partial charge is 0.309 e. The van der Waals surface area contributed by atoms with Crippen LogP contribution in [0, 0.1) is 17.3 Å². The van der Waals surface area contributed by atoms with E-state index in [0.717, 1.165) is 12.8 Å². The van der Waals surface area contributed by atoms with Crippen LogP contribution in [-0.2, 0) is 9.53 Å². The first-order chi connectivity index (χ1) is 7.03. The van der Waals surface area contributed by atoms with Crippen LogP contribution in [0.2, 0.25) is 0 Å². The number of hydrogen-bond donors (Lipinski definition) is 0. The molecule has 2 heteroatoms. The van der Waals surface area contributed by atoms with E-state index >= 15 is 0 Å². The predicted octanol–water partition coefficient (Wildman–Crippen LogP) is 3.40. The van der Waals surface area contributed by atoms with Crippen LogP contribution in [0.4, 0.5) is 0 Å². The molecule has 0 saturated heterocycles. The average Bonchev–Trinajstić information content (AvgIpc) is 2.16. The van der Waals surface area contributed by atoms with Crippen molar-refractivity contribution in [2.75, 3.05) is 6.61 Å². The lowest BCUT2D eigenvalue weighted by molar-refractivity contribution is -0.157. The van der Waals surface area contributed by atoms with Gasteiger partial charge < -0.3 is 4.74 Å². The van der Waals surface area contributed by atoms with Gasteiger partial charge in [-0.1, -0.05) is 33.6 Å². The number of carbonyl (C=O) groups is 1. The molecule has 0 aromatic rings. The first kappa shape index (κ1) is 12.5. The summed E-state index contributed by atoms with van der Waals surface area (Å²) in [7, 11) is 0. The van der Waals surface area contributed by atoms with Crippen molar-refractivity contribution in [1.29, 1.82) is 0 Å². The molecule has 88 valence electrons. The van der Waals surface area contributed by atoms with E-state index in [1.54, 1.807) is 0 Å². The summed E-state index contributed by atoms with van der Waals surface area (Å²) in [6, 6.07) is 0. The van der Waals surface area contributed by atoms with Crippen LogP contribution in [-0.4, -0.2) is 12.6 Å². The van der Waals surface area contributed by atoms with E-state index in [-0.39, 0.29) is 17.3 Å². The monoisotopic (exact) mass is 212 g/mol. The van der Waals surface area contributed by atoms with Crippen molar-refractivity contribution in [3.05, 3.63) is 0 Å². The molecule has 0 amide bonds. The Kier molecular flexibility index (Phi) is 4.18. The molecule has 0 aliphatic heterocycles. The van der Waals surface area contributed by atoms with Gasteiger partial charge in [0.1, 0.15) is 0 Å². The Balaban J connectivity index is 2.79. The molecule has 0 spiro atoms. The molecule has 2 atom stereocenters. The van der Waals surface area contributed by atoms with E-state index in [2.05, 4.69) is 20.8 Å². The average molecular weight is 212 g/mol. The van der Waals surface area contributed by atoms with Gasteiger partial charge in [0.2, 0.25) is 0 Å². The van der Waals surface area contributed by atoms with E-state index in [1.165, 1.54) is 12.8 Å². The highest BCUT2D eigenvalue weighted by Crippen LogP contribution is 2.45. The Labute approximate surface area is 93.4 Å². The third kappa shape index (κ3) is 2.73. The molecule has 0 unspecified atom stereocenters. The van der Waals surface area contributed by atoms with Crippen LogP contribution in [0.5, 0.6) is 0 Å². The lowest BCUT2D eigenvalue weighted by Gasteiger charge is -2.42. The molecule has 0 aromatic heterocycles. The molecule has 0 radical (unpaired) electrons. The minimum atomic E-state index is 0.0223. The summed E-state index contributed by atoms with van der Waals surface area (Å²) in [6.07, 6.45) is 4.67. The molecular formula is C13H24O2. The quantitative estimate of drug-likeness (QED) is 0.670. The van der Waals surface area contributed by atoms with E-state index in [4.69, 9.17) is 4.74 Å². The molecule has 1 aliphatic carbocycles. The number of carbonyl (C=O) groups excluding carboxylic acids is 1. The van der Waals surface area contributed by atoms with Gasteiger partial charge >= 0.3 is 5.97 Å². The highest BCUT2D eigenvalue weighted by atomic mass is 16.5. The van der Waals surface area contributed by atoms with Crippen LogP contribution in [0.15, 0.2) is 0 Å². The number of rotatable bonds is 3. The predicted molar refractivity (Wildman–Crippen MR) is 61.5 cm³/mol.